The van der Waals surface area contributed by atoms with E-state index in [-0.39, 0.29) is 11.9 Å². The summed E-state index contributed by atoms with van der Waals surface area (Å²) in [7, 11) is 0. The Labute approximate surface area is 165 Å². The maximum Gasteiger partial charge on any atom is 0.261 e. The molecule has 28 heavy (non-hydrogen) atoms. The second-order valence-corrected chi connectivity index (χ2v) is 6.89. The van der Waals surface area contributed by atoms with Gasteiger partial charge in [-0.3, -0.25) is 4.79 Å². The molecule has 4 heteroatoms. The van der Waals surface area contributed by atoms with Gasteiger partial charge in [-0.1, -0.05) is 60.7 Å². The number of hydrogen-bond acceptors (Lipinski definition) is 3. The molecule has 1 heterocycles. The summed E-state index contributed by atoms with van der Waals surface area (Å²) >= 11 is 0. The lowest BCUT2D eigenvalue weighted by molar-refractivity contribution is -0.128. The van der Waals surface area contributed by atoms with Crippen molar-refractivity contribution >= 4 is 5.91 Å². The summed E-state index contributed by atoms with van der Waals surface area (Å²) in [6, 6.07) is 25.7. The second-order valence-electron chi connectivity index (χ2n) is 6.89. The zero-order valence-electron chi connectivity index (χ0n) is 15.8. The maximum atomic E-state index is 12.6. The van der Waals surface area contributed by atoms with E-state index < -0.39 is 6.10 Å². The van der Waals surface area contributed by atoms with Gasteiger partial charge in [0.25, 0.3) is 5.91 Å². The van der Waals surface area contributed by atoms with Crippen molar-refractivity contribution in [3.8, 4) is 22.6 Å². The summed E-state index contributed by atoms with van der Waals surface area (Å²) < 4.78 is 11.5. The van der Waals surface area contributed by atoms with E-state index >= 15 is 0 Å². The number of benzene rings is 3. The Kier molecular flexibility index (Phi) is 5.29. The third-order valence-electron chi connectivity index (χ3n) is 4.92. The normalized spacial score (nSPS) is 16.4. The summed E-state index contributed by atoms with van der Waals surface area (Å²) in [5, 5.41) is 3.09. The molecule has 142 valence electrons. The summed E-state index contributed by atoms with van der Waals surface area (Å²) in [4.78, 5) is 12.6. The fourth-order valence-electron chi connectivity index (χ4n) is 3.40. The van der Waals surface area contributed by atoms with E-state index in [4.69, 9.17) is 9.47 Å². The Balaban J connectivity index is 1.39. The number of carbonyl (C=O) groups excluding carboxylic acids is 1. The highest BCUT2D eigenvalue weighted by molar-refractivity contribution is 5.81. The molecule has 0 fully saturated rings. The highest BCUT2D eigenvalue weighted by Gasteiger charge is 2.25. The first-order valence-corrected chi connectivity index (χ1v) is 9.55. The molecule has 1 amide bonds. The van der Waals surface area contributed by atoms with Crippen LogP contribution in [-0.2, 0) is 4.79 Å². The standard InChI is InChI=1S/C24H23NO3/c1-17(24(26)25-22-15-16-27-23-10-6-5-9-21(22)23)28-20-13-11-19(12-14-20)18-7-3-2-4-8-18/h2-14,17,22H,15-16H2,1H3,(H,25,26). The molecular formula is C24H23NO3. The van der Waals surface area contributed by atoms with Crippen LogP contribution in [0.2, 0.25) is 0 Å². The molecule has 1 N–H and O–H groups in total. The van der Waals surface area contributed by atoms with Crippen molar-refractivity contribution in [2.45, 2.75) is 25.5 Å². The minimum Gasteiger partial charge on any atom is -0.493 e. The molecule has 0 aromatic heterocycles. The van der Waals surface area contributed by atoms with Gasteiger partial charge in [-0.05, 0) is 36.2 Å². The molecule has 3 aromatic rings. The SMILES string of the molecule is CC(Oc1ccc(-c2ccccc2)cc1)C(=O)NC1CCOc2ccccc21. The monoisotopic (exact) mass is 373 g/mol. The van der Waals surface area contributed by atoms with Crippen LogP contribution in [0.4, 0.5) is 0 Å². The molecule has 4 nitrogen and oxygen atoms in total. The number of para-hydroxylation sites is 1. The predicted molar refractivity (Wildman–Crippen MR) is 109 cm³/mol. The van der Waals surface area contributed by atoms with Crippen molar-refractivity contribution in [3.63, 3.8) is 0 Å². The molecule has 1 aliphatic heterocycles. The van der Waals surface area contributed by atoms with E-state index in [0.29, 0.717) is 12.4 Å². The van der Waals surface area contributed by atoms with Crippen LogP contribution in [0.15, 0.2) is 78.9 Å². The molecule has 1 aliphatic rings. The quantitative estimate of drug-likeness (QED) is 0.701. The number of carbonyl (C=O) groups is 1. The molecule has 0 saturated heterocycles. The smallest absolute Gasteiger partial charge is 0.261 e. The van der Waals surface area contributed by atoms with Crippen molar-refractivity contribution in [2.75, 3.05) is 6.61 Å². The first-order chi connectivity index (χ1) is 13.7. The number of nitrogens with one attached hydrogen (secondary N) is 1. The highest BCUT2D eigenvalue weighted by atomic mass is 16.5. The van der Waals surface area contributed by atoms with Crippen molar-refractivity contribution in [3.05, 3.63) is 84.4 Å². The minimum absolute atomic E-state index is 0.0519. The number of rotatable bonds is 5. The Hall–Kier alpha value is -3.27. The lowest BCUT2D eigenvalue weighted by Crippen LogP contribution is -2.40. The third kappa shape index (κ3) is 4.01. The average molecular weight is 373 g/mol. The van der Waals surface area contributed by atoms with E-state index in [0.717, 1.165) is 28.9 Å². The molecule has 0 radical (unpaired) electrons. The molecule has 0 bridgehead atoms. The first-order valence-electron chi connectivity index (χ1n) is 9.55. The lowest BCUT2D eigenvalue weighted by Gasteiger charge is -2.27. The van der Waals surface area contributed by atoms with Crippen LogP contribution in [0.25, 0.3) is 11.1 Å². The van der Waals surface area contributed by atoms with Crippen LogP contribution < -0.4 is 14.8 Å². The fraction of sp³-hybridized carbons (Fsp3) is 0.208. The first kappa shape index (κ1) is 18.1. The molecule has 2 unspecified atom stereocenters. The van der Waals surface area contributed by atoms with Gasteiger partial charge in [-0.2, -0.15) is 0 Å². The molecule has 0 aliphatic carbocycles. The topological polar surface area (TPSA) is 47.6 Å². The number of hydrogen-bond donors (Lipinski definition) is 1. The van der Waals surface area contributed by atoms with E-state index in [1.165, 1.54) is 0 Å². The molecule has 4 rings (SSSR count). The van der Waals surface area contributed by atoms with Crippen LogP contribution in [-0.4, -0.2) is 18.6 Å². The van der Waals surface area contributed by atoms with Gasteiger partial charge in [0, 0.05) is 12.0 Å². The third-order valence-corrected chi connectivity index (χ3v) is 4.92. The Morgan fingerprint density at radius 3 is 2.43 bits per heavy atom. The molecule has 3 aromatic carbocycles. The van der Waals surface area contributed by atoms with Crippen LogP contribution >= 0.6 is 0 Å². The van der Waals surface area contributed by atoms with Crippen molar-refractivity contribution in [1.82, 2.24) is 5.32 Å². The van der Waals surface area contributed by atoms with Crippen molar-refractivity contribution in [2.24, 2.45) is 0 Å². The van der Waals surface area contributed by atoms with Crippen LogP contribution in [0.3, 0.4) is 0 Å². The van der Waals surface area contributed by atoms with Crippen molar-refractivity contribution < 1.29 is 14.3 Å². The molecule has 0 saturated carbocycles. The zero-order chi connectivity index (χ0) is 19.3. The average Bonchev–Trinajstić information content (AvgIpc) is 2.75. The number of fused-ring (bicyclic) bond motifs is 1. The predicted octanol–water partition coefficient (Wildman–Crippen LogP) is 4.76. The zero-order valence-corrected chi connectivity index (χ0v) is 15.8. The number of ether oxygens (including phenoxy) is 2. The van der Waals surface area contributed by atoms with Crippen LogP contribution in [0.5, 0.6) is 11.5 Å². The van der Waals surface area contributed by atoms with Crippen molar-refractivity contribution in [1.29, 1.82) is 0 Å². The molecule has 0 spiro atoms. The lowest BCUT2D eigenvalue weighted by atomic mass is 10.0. The van der Waals surface area contributed by atoms with Gasteiger partial charge in [0.2, 0.25) is 0 Å². The van der Waals surface area contributed by atoms with E-state index in [1.807, 2.05) is 66.7 Å². The Morgan fingerprint density at radius 1 is 0.964 bits per heavy atom. The Bertz CT molecular complexity index is 938. The van der Waals surface area contributed by atoms with Gasteiger partial charge in [0.1, 0.15) is 11.5 Å². The van der Waals surface area contributed by atoms with Gasteiger partial charge in [0.15, 0.2) is 6.10 Å². The van der Waals surface area contributed by atoms with Gasteiger partial charge >= 0.3 is 0 Å². The van der Waals surface area contributed by atoms with E-state index in [1.54, 1.807) is 6.92 Å². The summed E-state index contributed by atoms with van der Waals surface area (Å²) in [6.07, 6.45) is 0.166. The van der Waals surface area contributed by atoms with Crippen LogP contribution in [0.1, 0.15) is 24.9 Å². The van der Waals surface area contributed by atoms with Gasteiger partial charge in [-0.15, -0.1) is 0 Å². The van der Waals surface area contributed by atoms with E-state index in [2.05, 4.69) is 17.4 Å². The number of amides is 1. The minimum atomic E-state index is -0.586. The summed E-state index contributed by atoms with van der Waals surface area (Å²) in [6.45, 7) is 2.36. The summed E-state index contributed by atoms with van der Waals surface area (Å²) in [5.41, 5.74) is 3.28. The van der Waals surface area contributed by atoms with Gasteiger partial charge in [-0.25, -0.2) is 0 Å². The van der Waals surface area contributed by atoms with E-state index in [9.17, 15) is 4.79 Å². The van der Waals surface area contributed by atoms with Gasteiger partial charge in [0.05, 0.1) is 12.6 Å². The highest BCUT2D eigenvalue weighted by Crippen LogP contribution is 2.31. The van der Waals surface area contributed by atoms with Crippen LogP contribution in [0, 0.1) is 0 Å². The largest absolute Gasteiger partial charge is 0.493 e. The molecular weight excluding hydrogens is 350 g/mol. The Morgan fingerprint density at radius 2 is 1.64 bits per heavy atom. The van der Waals surface area contributed by atoms with Gasteiger partial charge < -0.3 is 14.8 Å². The fourth-order valence-corrected chi connectivity index (χ4v) is 3.40. The summed E-state index contributed by atoms with van der Waals surface area (Å²) in [5.74, 6) is 1.38. The molecule has 2 atom stereocenters. The maximum absolute atomic E-state index is 12.6. The second kappa shape index (κ2) is 8.17.